The van der Waals surface area contributed by atoms with Crippen LogP contribution in [0.4, 0.5) is 5.69 Å². The number of hydrogen-bond donors (Lipinski definition) is 2. The molecule has 1 aromatic rings. The van der Waals surface area contributed by atoms with Crippen molar-refractivity contribution in [2.45, 2.75) is 20.8 Å². The molecule has 0 aliphatic rings. The molecule has 0 bridgehead atoms. The van der Waals surface area contributed by atoms with E-state index in [-0.39, 0.29) is 23.5 Å². The van der Waals surface area contributed by atoms with E-state index in [0.29, 0.717) is 17.8 Å². The van der Waals surface area contributed by atoms with E-state index in [1.54, 1.807) is 24.3 Å². The zero-order chi connectivity index (χ0) is 13.7. The molecule has 0 saturated carbocycles. The van der Waals surface area contributed by atoms with Crippen molar-refractivity contribution in [3.63, 3.8) is 0 Å². The van der Waals surface area contributed by atoms with Gasteiger partial charge in [0, 0.05) is 17.8 Å². The summed E-state index contributed by atoms with van der Waals surface area (Å²) in [4.78, 5) is 23.2. The van der Waals surface area contributed by atoms with Crippen LogP contribution in [0.5, 0.6) is 0 Å². The van der Waals surface area contributed by atoms with Crippen LogP contribution in [0.3, 0.4) is 0 Å². The minimum absolute atomic E-state index is 0.0228. The first-order valence-corrected chi connectivity index (χ1v) is 6.07. The highest BCUT2D eigenvalue weighted by Gasteiger charge is 2.20. The molecule has 4 nitrogen and oxygen atoms in total. The Morgan fingerprint density at radius 2 is 2.00 bits per heavy atom. The molecule has 0 heterocycles. The van der Waals surface area contributed by atoms with Crippen LogP contribution < -0.4 is 11.1 Å². The molecule has 0 aliphatic heterocycles. The lowest BCUT2D eigenvalue weighted by Crippen LogP contribution is -2.33. The van der Waals surface area contributed by atoms with E-state index in [2.05, 4.69) is 5.32 Å². The van der Waals surface area contributed by atoms with E-state index in [1.807, 2.05) is 13.8 Å². The number of carbonyl (C=O) groups is 2. The normalized spacial score (nSPS) is 12.3. The van der Waals surface area contributed by atoms with Crippen molar-refractivity contribution in [1.29, 1.82) is 0 Å². The Morgan fingerprint density at radius 1 is 1.33 bits per heavy atom. The molecule has 0 radical (unpaired) electrons. The van der Waals surface area contributed by atoms with Crippen molar-refractivity contribution in [3.8, 4) is 0 Å². The Labute approximate surface area is 108 Å². The van der Waals surface area contributed by atoms with E-state index in [1.165, 1.54) is 6.92 Å². The summed E-state index contributed by atoms with van der Waals surface area (Å²) in [6.07, 6.45) is 0. The number of anilines is 1. The predicted octanol–water partition coefficient (Wildman–Crippen LogP) is 2.06. The van der Waals surface area contributed by atoms with Crippen LogP contribution in [-0.2, 0) is 4.79 Å². The van der Waals surface area contributed by atoms with Gasteiger partial charge in [0.15, 0.2) is 5.78 Å². The smallest absolute Gasteiger partial charge is 0.229 e. The standard InChI is InChI=1S/C14H20N2O2/c1-9(2)13(8-15)14(18)16-12-6-4-5-11(7-12)10(3)17/h4-7,9,13H,8,15H2,1-3H3,(H,16,18). The molecule has 1 unspecified atom stereocenters. The lowest BCUT2D eigenvalue weighted by molar-refractivity contribution is -0.120. The minimum Gasteiger partial charge on any atom is -0.330 e. The third-order valence-corrected chi connectivity index (χ3v) is 2.93. The van der Waals surface area contributed by atoms with E-state index in [9.17, 15) is 9.59 Å². The number of nitrogens with two attached hydrogens (primary N) is 1. The molecule has 1 rings (SSSR count). The number of nitrogens with one attached hydrogen (secondary N) is 1. The number of Topliss-reactive ketones (excluding diaryl/α,β-unsaturated/α-hetero) is 1. The fourth-order valence-electron chi connectivity index (χ4n) is 1.73. The Bertz CT molecular complexity index is 441. The Morgan fingerprint density at radius 3 is 2.50 bits per heavy atom. The van der Waals surface area contributed by atoms with E-state index in [4.69, 9.17) is 5.73 Å². The zero-order valence-electron chi connectivity index (χ0n) is 11.1. The van der Waals surface area contributed by atoms with Gasteiger partial charge in [0.2, 0.25) is 5.91 Å². The summed E-state index contributed by atoms with van der Waals surface area (Å²) in [5.74, 6) is -0.157. The van der Waals surface area contributed by atoms with Gasteiger partial charge in [-0.15, -0.1) is 0 Å². The van der Waals surface area contributed by atoms with Crippen LogP contribution >= 0.6 is 0 Å². The summed E-state index contributed by atoms with van der Waals surface area (Å²) in [7, 11) is 0. The largest absolute Gasteiger partial charge is 0.330 e. The fraction of sp³-hybridized carbons (Fsp3) is 0.429. The maximum atomic E-state index is 12.0. The third-order valence-electron chi connectivity index (χ3n) is 2.93. The van der Waals surface area contributed by atoms with Crippen molar-refractivity contribution >= 4 is 17.4 Å². The van der Waals surface area contributed by atoms with Crippen LogP contribution in [0.2, 0.25) is 0 Å². The first-order valence-electron chi connectivity index (χ1n) is 6.07. The maximum Gasteiger partial charge on any atom is 0.229 e. The molecule has 0 fully saturated rings. The second-order valence-corrected chi connectivity index (χ2v) is 4.71. The monoisotopic (exact) mass is 248 g/mol. The average Bonchev–Trinajstić information content (AvgIpc) is 2.29. The molecule has 0 aromatic heterocycles. The van der Waals surface area contributed by atoms with Gasteiger partial charge in [-0.1, -0.05) is 26.0 Å². The van der Waals surface area contributed by atoms with Gasteiger partial charge >= 0.3 is 0 Å². The van der Waals surface area contributed by atoms with E-state index < -0.39 is 0 Å². The molecule has 4 heteroatoms. The van der Waals surface area contributed by atoms with Crippen LogP contribution in [0, 0.1) is 11.8 Å². The minimum atomic E-state index is -0.217. The van der Waals surface area contributed by atoms with Gasteiger partial charge in [0.1, 0.15) is 0 Å². The topological polar surface area (TPSA) is 72.2 Å². The predicted molar refractivity (Wildman–Crippen MR) is 72.5 cm³/mol. The van der Waals surface area contributed by atoms with Gasteiger partial charge < -0.3 is 11.1 Å². The van der Waals surface area contributed by atoms with Gasteiger partial charge in [0.05, 0.1) is 5.92 Å². The number of rotatable bonds is 5. The summed E-state index contributed by atoms with van der Waals surface area (Å²) in [6, 6.07) is 6.91. The van der Waals surface area contributed by atoms with Crippen LogP contribution in [-0.4, -0.2) is 18.2 Å². The number of benzene rings is 1. The van der Waals surface area contributed by atoms with E-state index in [0.717, 1.165) is 0 Å². The Balaban J connectivity index is 2.81. The molecule has 98 valence electrons. The van der Waals surface area contributed by atoms with Crippen molar-refractivity contribution in [2.24, 2.45) is 17.6 Å². The summed E-state index contributed by atoms with van der Waals surface area (Å²) in [6.45, 7) is 5.74. The lowest BCUT2D eigenvalue weighted by atomic mass is 9.95. The van der Waals surface area contributed by atoms with Crippen molar-refractivity contribution in [1.82, 2.24) is 0 Å². The molecular formula is C14H20N2O2. The number of carbonyl (C=O) groups excluding carboxylic acids is 2. The molecule has 0 spiro atoms. The van der Waals surface area contributed by atoms with Gasteiger partial charge in [-0.3, -0.25) is 9.59 Å². The second kappa shape index (κ2) is 6.31. The number of ketones is 1. The molecular weight excluding hydrogens is 228 g/mol. The molecule has 3 N–H and O–H groups in total. The first-order chi connectivity index (χ1) is 8.45. The highest BCUT2D eigenvalue weighted by molar-refractivity contribution is 5.97. The fourth-order valence-corrected chi connectivity index (χ4v) is 1.73. The first kappa shape index (κ1) is 14.4. The van der Waals surface area contributed by atoms with Crippen LogP contribution in [0.15, 0.2) is 24.3 Å². The zero-order valence-corrected chi connectivity index (χ0v) is 11.1. The van der Waals surface area contributed by atoms with Gasteiger partial charge in [-0.2, -0.15) is 0 Å². The Hall–Kier alpha value is -1.68. The highest BCUT2D eigenvalue weighted by atomic mass is 16.2. The third kappa shape index (κ3) is 3.67. The maximum absolute atomic E-state index is 12.0. The lowest BCUT2D eigenvalue weighted by Gasteiger charge is -2.18. The SMILES string of the molecule is CC(=O)c1cccc(NC(=O)C(CN)C(C)C)c1. The van der Waals surface area contributed by atoms with E-state index >= 15 is 0 Å². The van der Waals surface area contributed by atoms with Crippen molar-refractivity contribution in [3.05, 3.63) is 29.8 Å². The average molecular weight is 248 g/mol. The van der Waals surface area contributed by atoms with Crippen LogP contribution in [0.1, 0.15) is 31.1 Å². The van der Waals surface area contributed by atoms with Crippen molar-refractivity contribution in [2.75, 3.05) is 11.9 Å². The number of hydrogen-bond acceptors (Lipinski definition) is 3. The molecule has 0 saturated heterocycles. The van der Waals surface area contributed by atoms with Crippen LogP contribution in [0.25, 0.3) is 0 Å². The second-order valence-electron chi connectivity index (χ2n) is 4.71. The summed E-state index contributed by atoms with van der Waals surface area (Å²) < 4.78 is 0. The number of amides is 1. The molecule has 1 aromatic carbocycles. The Kier molecular flexibility index (Phi) is 5.04. The summed E-state index contributed by atoms with van der Waals surface area (Å²) >= 11 is 0. The van der Waals surface area contributed by atoms with Gasteiger partial charge in [-0.05, 0) is 25.0 Å². The summed E-state index contributed by atoms with van der Waals surface area (Å²) in [5.41, 5.74) is 6.81. The highest BCUT2D eigenvalue weighted by Crippen LogP contribution is 2.15. The quantitative estimate of drug-likeness (QED) is 0.783. The molecule has 1 amide bonds. The summed E-state index contributed by atoms with van der Waals surface area (Å²) in [5, 5.41) is 2.80. The van der Waals surface area contributed by atoms with Crippen molar-refractivity contribution < 1.29 is 9.59 Å². The molecule has 18 heavy (non-hydrogen) atoms. The molecule has 1 atom stereocenters. The van der Waals surface area contributed by atoms with Gasteiger partial charge in [-0.25, -0.2) is 0 Å². The molecule has 0 aliphatic carbocycles. The van der Waals surface area contributed by atoms with Gasteiger partial charge in [0.25, 0.3) is 0 Å².